The van der Waals surface area contributed by atoms with Crippen molar-refractivity contribution in [2.45, 2.75) is 77.9 Å². The highest BCUT2D eigenvalue weighted by atomic mass is 35.5. The molecule has 0 unspecified atom stereocenters. The Hall–Kier alpha value is -2.83. The van der Waals surface area contributed by atoms with Crippen LogP contribution < -0.4 is 0 Å². The van der Waals surface area contributed by atoms with Gasteiger partial charge in [-0.3, -0.25) is 4.79 Å². The van der Waals surface area contributed by atoms with E-state index in [1.165, 1.54) is 12.5 Å². The van der Waals surface area contributed by atoms with Crippen LogP contribution in [0.2, 0.25) is 10.0 Å². The molecule has 8 atom stereocenters. The summed E-state index contributed by atoms with van der Waals surface area (Å²) in [4.78, 5) is 39.2. The van der Waals surface area contributed by atoms with Gasteiger partial charge in [-0.1, -0.05) is 49.2 Å². The van der Waals surface area contributed by atoms with Gasteiger partial charge in [0.25, 0.3) is 0 Å². The van der Waals surface area contributed by atoms with Gasteiger partial charge in [0.2, 0.25) is 0 Å². The summed E-state index contributed by atoms with van der Waals surface area (Å²) in [6.45, 7) is 10.4. The second-order valence-electron chi connectivity index (χ2n) is 14.0. The summed E-state index contributed by atoms with van der Waals surface area (Å²) < 4.78 is 18.5. The van der Waals surface area contributed by atoms with Gasteiger partial charge in [0.05, 0.1) is 11.1 Å². The third-order valence-corrected chi connectivity index (χ3v) is 12.2. The monoisotopic (exact) mass is 638 g/mol. The maximum atomic E-state index is 13.6. The van der Waals surface area contributed by atoms with Crippen molar-refractivity contribution in [3.63, 3.8) is 0 Å². The highest BCUT2D eigenvalue weighted by Crippen LogP contribution is 2.73. The Morgan fingerprint density at radius 1 is 0.841 bits per heavy atom. The second-order valence-corrected chi connectivity index (χ2v) is 14.9. The lowest BCUT2D eigenvalue weighted by atomic mass is 9.40. The Labute approximate surface area is 269 Å². The molecule has 0 aromatic heterocycles. The summed E-state index contributed by atoms with van der Waals surface area (Å²) in [7, 11) is 0. The molecule has 2 aromatic carbocycles. The maximum Gasteiger partial charge on any atom is 0.338 e. The molecule has 0 saturated heterocycles. The number of halogens is 2. The number of fused-ring (bicyclic) bond motifs is 3. The molecule has 2 bridgehead atoms. The minimum absolute atomic E-state index is 0.0461. The zero-order valence-corrected chi connectivity index (χ0v) is 27.1. The predicted octanol–water partition coefficient (Wildman–Crippen LogP) is 8.50. The number of esters is 3. The number of allylic oxidation sites excluding steroid dienone is 1. The molecule has 44 heavy (non-hydrogen) atoms. The van der Waals surface area contributed by atoms with Crippen LogP contribution in [0.15, 0.2) is 60.7 Å². The first kappa shape index (κ1) is 31.2. The average molecular weight is 640 g/mol. The Morgan fingerprint density at radius 2 is 1.41 bits per heavy atom. The Morgan fingerprint density at radius 3 is 1.98 bits per heavy atom. The van der Waals surface area contributed by atoms with E-state index in [-0.39, 0.29) is 47.3 Å². The van der Waals surface area contributed by atoms with E-state index in [0.29, 0.717) is 39.9 Å². The fourth-order valence-corrected chi connectivity index (χ4v) is 9.88. The van der Waals surface area contributed by atoms with E-state index in [9.17, 15) is 14.4 Å². The summed E-state index contributed by atoms with van der Waals surface area (Å²) in [5.41, 5.74) is 1.08. The first-order valence-electron chi connectivity index (χ1n) is 15.6. The van der Waals surface area contributed by atoms with E-state index in [1.54, 1.807) is 48.5 Å². The predicted molar refractivity (Wildman–Crippen MR) is 169 cm³/mol. The van der Waals surface area contributed by atoms with Crippen LogP contribution in [0.5, 0.6) is 0 Å². The van der Waals surface area contributed by atoms with Crippen molar-refractivity contribution < 1.29 is 28.6 Å². The smallest absolute Gasteiger partial charge is 0.338 e. The summed E-state index contributed by atoms with van der Waals surface area (Å²) in [6, 6.07) is 13.4. The maximum absolute atomic E-state index is 13.6. The molecule has 6 rings (SSSR count). The normalized spacial score (nSPS) is 35.7. The quantitative estimate of drug-likeness (QED) is 0.179. The minimum Gasteiger partial charge on any atom is -0.465 e. The molecular formula is C36H40Cl2O6. The van der Waals surface area contributed by atoms with Crippen LogP contribution in [0.1, 0.15) is 86.4 Å². The first-order chi connectivity index (χ1) is 20.9. The van der Waals surface area contributed by atoms with Crippen molar-refractivity contribution in [3.8, 4) is 0 Å². The molecule has 4 aliphatic carbocycles. The van der Waals surface area contributed by atoms with Crippen molar-refractivity contribution in [2.24, 2.45) is 34.0 Å². The highest BCUT2D eigenvalue weighted by Gasteiger charge is 2.70. The van der Waals surface area contributed by atoms with Crippen molar-refractivity contribution in [2.75, 3.05) is 6.61 Å². The Bertz CT molecular complexity index is 1470. The number of benzene rings is 2. The van der Waals surface area contributed by atoms with Gasteiger partial charge < -0.3 is 14.2 Å². The van der Waals surface area contributed by atoms with Gasteiger partial charge in [-0.2, -0.15) is 0 Å². The highest BCUT2D eigenvalue weighted by molar-refractivity contribution is 6.31. The molecule has 8 heteroatoms. The van der Waals surface area contributed by atoms with Crippen LogP contribution in [0.25, 0.3) is 0 Å². The summed E-state index contributed by atoms with van der Waals surface area (Å²) in [6.07, 6.45) is 5.12. The third kappa shape index (κ3) is 5.26. The van der Waals surface area contributed by atoms with Gasteiger partial charge in [-0.15, -0.1) is 0 Å². The van der Waals surface area contributed by atoms with Crippen LogP contribution in [0.3, 0.4) is 0 Å². The molecule has 0 radical (unpaired) electrons. The summed E-state index contributed by atoms with van der Waals surface area (Å²) in [5, 5.41) is 1.09. The fraction of sp³-hybridized carbons (Fsp3) is 0.528. The number of carbonyl (C=O) groups excluding carboxylic acids is 3. The molecule has 4 fully saturated rings. The van der Waals surface area contributed by atoms with E-state index in [0.717, 1.165) is 32.1 Å². The van der Waals surface area contributed by atoms with Gasteiger partial charge in [-0.05, 0) is 117 Å². The van der Waals surface area contributed by atoms with Crippen LogP contribution in [0.4, 0.5) is 0 Å². The third-order valence-electron chi connectivity index (χ3n) is 11.7. The van der Waals surface area contributed by atoms with Gasteiger partial charge in [-0.25, -0.2) is 9.59 Å². The van der Waals surface area contributed by atoms with E-state index >= 15 is 0 Å². The van der Waals surface area contributed by atoms with Gasteiger partial charge in [0.15, 0.2) is 0 Å². The molecule has 4 saturated carbocycles. The van der Waals surface area contributed by atoms with Crippen LogP contribution in [-0.4, -0.2) is 36.7 Å². The molecular weight excluding hydrogens is 599 g/mol. The second kappa shape index (κ2) is 11.5. The topological polar surface area (TPSA) is 78.9 Å². The Kier molecular flexibility index (Phi) is 8.15. The fourth-order valence-electron chi connectivity index (χ4n) is 9.63. The lowest BCUT2D eigenvalue weighted by molar-refractivity contribution is -0.232. The van der Waals surface area contributed by atoms with Gasteiger partial charge in [0.1, 0.15) is 18.8 Å². The summed E-state index contributed by atoms with van der Waals surface area (Å²) in [5.74, 6) is -0.521. The lowest BCUT2D eigenvalue weighted by Gasteiger charge is -2.66. The average Bonchev–Trinajstić information content (AvgIpc) is 3.23. The molecule has 0 N–H and O–H groups in total. The first-order valence-corrected chi connectivity index (χ1v) is 16.4. The van der Waals surface area contributed by atoms with Crippen molar-refractivity contribution in [3.05, 3.63) is 81.9 Å². The molecule has 0 aliphatic heterocycles. The molecule has 0 amide bonds. The largest absolute Gasteiger partial charge is 0.465 e. The zero-order valence-electron chi connectivity index (χ0n) is 25.6. The van der Waals surface area contributed by atoms with Crippen LogP contribution in [-0.2, 0) is 19.0 Å². The molecule has 1 spiro atoms. The zero-order chi connectivity index (χ0) is 31.4. The molecule has 234 valence electrons. The van der Waals surface area contributed by atoms with Crippen molar-refractivity contribution in [1.82, 2.24) is 0 Å². The SMILES string of the molecule is C=C1C[C@@]23C[C@@H]1CC[C@H]2[C@]1(C)CC[C@@H](OC(=O)c2ccc(Cl)cc2)[C@](C)(COC(C)=O)[C@@H]1C[C@@H]3OC(=O)c1ccc(Cl)cc1. The Balaban J connectivity index is 1.37. The lowest BCUT2D eigenvalue weighted by Crippen LogP contribution is -2.66. The van der Waals surface area contributed by atoms with E-state index < -0.39 is 17.5 Å². The summed E-state index contributed by atoms with van der Waals surface area (Å²) >= 11 is 12.2. The van der Waals surface area contributed by atoms with E-state index in [1.807, 2.05) is 0 Å². The standard InChI is InChI=1S/C36H40Cl2O6/c1-21-18-36-19-25(21)9-14-28(36)34(3)16-15-30(43-32(40)23-5-10-26(37)11-6-23)35(4,20-42-22(2)39)29(34)17-31(36)44-33(41)24-7-12-27(38)13-8-24/h5-8,10-13,25,28-31H,1,9,14-20H2,2-4H3/t25-,28-,29+,30+,31-,34-,35+,36+/m0/s1. The van der Waals surface area contributed by atoms with Crippen LogP contribution in [0, 0.1) is 34.0 Å². The van der Waals surface area contributed by atoms with Gasteiger partial charge in [0, 0.05) is 27.8 Å². The van der Waals surface area contributed by atoms with Crippen molar-refractivity contribution in [1.29, 1.82) is 0 Å². The molecule has 0 heterocycles. The molecule has 2 aromatic rings. The van der Waals surface area contributed by atoms with Gasteiger partial charge >= 0.3 is 17.9 Å². The molecule has 6 nitrogen and oxygen atoms in total. The van der Waals surface area contributed by atoms with E-state index in [4.69, 9.17) is 37.4 Å². The number of ether oxygens (including phenoxy) is 3. The molecule has 4 aliphatic rings. The van der Waals surface area contributed by atoms with Crippen molar-refractivity contribution >= 4 is 41.1 Å². The number of hydrogen-bond donors (Lipinski definition) is 0. The van der Waals surface area contributed by atoms with E-state index in [2.05, 4.69) is 20.4 Å². The van der Waals surface area contributed by atoms with Crippen LogP contribution >= 0.6 is 23.2 Å². The number of hydrogen-bond acceptors (Lipinski definition) is 6. The minimum atomic E-state index is -0.709. The number of rotatable bonds is 6. The number of carbonyl (C=O) groups is 3.